The maximum absolute atomic E-state index is 5.62. The van der Waals surface area contributed by atoms with Gasteiger partial charge in [-0.25, -0.2) is 0 Å². The lowest BCUT2D eigenvalue weighted by Gasteiger charge is -2.24. The lowest BCUT2D eigenvalue weighted by atomic mass is 9.83. The molecule has 0 bridgehead atoms. The highest BCUT2D eigenvalue weighted by atomic mass is 14.6. The van der Waals surface area contributed by atoms with E-state index in [1.807, 2.05) is 0 Å². The quantitative estimate of drug-likeness (QED) is 0.642. The normalized spacial score (nSPS) is 17.4. The molecular weight excluding hydrogens is 122 g/mol. The molecule has 0 aromatic heterocycles. The Morgan fingerprint density at radius 1 is 1.20 bits per heavy atom. The molecule has 0 saturated carbocycles. The van der Waals surface area contributed by atoms with E-state index in [9.17, 15) is 0 Å². The number of nitrogens with two attached hydrogens (primary N) is 1. The zero-order valence-electron chi connectivity index (χ0n) is 7.72. The standard InChI is InChI=1S/C9H21N/c1-5-9(6-10)8(4)7(2)3/h7-9H,5-6,10H2,1-4H3/t8-,9-/m0/s1. The van der Waals surface area contributed by atoms with E-state index in [-0.39, 0.29) is 0 Å². The Bertz CT molecular complexity index is 74.8. The van der Waals surface area contributed by atoms with Gasteiger partial charge in [-0.3, -0.25) is 0 Å². The maximum Gasteiger partial charge on any atom is -0.00463 e. The second-order valence-electron chi connectivity index (χ2n) is 3.51. The first-order chi connectivity index (χ1) is 4.63. The van der Waals surface area contributed by atoms with E-state index in [1.54, 1.807) is 0 Å². The first-order valence-electron chi connectivity index (χ1n) is 4.33. The van der Waals surface area contributed by atoms with Gasteiger partial charge in [0.2, 0.25) is 0 Å². The summed E-state index contributed by atoms with van der Waals surface area (Å²) in [6.07, 6.45) is 1.22. The Balaban J connectivity index is 3.76. The van der Waals surface area contributed by atoms with Crippen LogP contribution in [0.3, 0.4) is 0 Å². The highest BCUT2D eigenvalue weighted by Gasteiger charge is 2.16. The van der Waals surface area contributed by atoms with Crippen molar-refractivity contribution in [3.63, 3.8) is 0 Å². The van der Waals surface area contributed by atoms with Crippen LogP contribution in [0.5, 0.6) is 0 Å². The van der Waals surface area contributed by atoms with Gasteiger partial charge in [-0.15, -0.1) is 0 Å². The molecule has 0 unspecified atom stereocenters. The van der Waals surface area contributed by atoms with Crippen LogP contribution in [-0.2, 0) is 0 Å². The van der Waals surface area contributed by atoms with Gasteiger partial charge >= 0.3 is 0 Å². The van der Waals surface area contributed by atoms with Gasteiger partial charge in [0, 0.05) is 0 Å². The summed E-state index contributed by atoms with van der Waals surface area (Å²) in [6, 6.07) is 0. The molecule has 0 aliphatic carbocycles. The summed E-state index contributed by atoms with van der Waals surface area (Å²) in [4.78, 5) is 0. The Kier molecular flexibility index (Phi) is 4.71. The third-order valence-corrected chi connectivity index (χ3v) is 2.62. The summed E-state index contributed by atoms with van der Waals surface area (Å²) in [5.41, 5.74) is 5.62. The summed E-state index contributed by atoms with van der Waals surface area (Å²) in [7, 11) is 0. The minimum atomic E-state index is 0.722. The molecule has 0 amide bonds. The monoisotopic (exact) mass is 143 g/mol. The predicted molar refractivity (Wildman–Crippen MR) is 46.8 cm³/mol. The molecular formula is C9H21N. The van der Waals surface area contributed by atoms with Crippen LogP contribution in [0.25, 0.3) is 0 Å². The van der Waals surface area contributed by atoms with E-state index >= 15 is 0 Å². The van der Waals surface area contributed by atoms with Crippen molar-refractivity contribution in [3.8, 4) is 0 Å². The summed E-state index contributed by atoms with van der Waals surface area (Å²) in [5, 5.41) is 0. The number of rotatable bonds is 4. The van der Waals surface area contributed by atoms with Gasteiger partial charge in [-0.1, -0.05) is 34.1 Å². The fourth-order valence-corrected chi connectivity index (χ4v) is 1.30. The van der Waals surface area contributed by atoms with Gasteiger partial charge in [0.1, 0.15) is 0 Å². The van der Waals surface area contributed by atoms with Gasteiger partial charge in [0.15, 0.2) is 0 Å². The van der Waals surface area contributed by atoms with Crippen LogP contribution >= 0.6 is 0 Å². The molecule has 0 radical (unpaired) electrons. The molecule has 0 rings (SSSR count). The SMILES string of the molecule is CC[C@@H](CN)[C@@H](C)C(C)C. The van der Waals surface area contributed by atoms with Crippen LogP contribution in [-0.4, -0.2) is 6.54 Å². The zero-order valence-corrected chi connectivity index (χ0v) is 7.72. The number of hydrogen-bond acceptors (Lipinski definition) is 1. The molecule has 1 heteroatoms. The largest absolute Gasteiger partial charge is 0.330 e. The first-order valence-corrected chi connectivity index (χ1v) is 4.33. The van der Waals surface area contributed by atoms with Gasteiger partial charge in [-0.05, 0) is 24.3 Å². The van der Waals surface area contributed by atoms with Gasteiger partial charge in [0.25, 0.3) is 0 Å². The second kappa shape index (κ2) is 4.73. The van der Waals surface area contributed by atoms with E-state index < -0.39 is 0 Å². The molecule has 10 heavy (non-hydrogen) atoms. The Morgan fingerprint density at radius 2 is 1.70 bits per heavy atom. The minimum Gasteiger partial charge on any atom is -0.330 e. The van der Waals surface area contributed by atoms with Crippen molar-refractivity contribution < 1.29 is 0 Å². The Hall–Kier alpha value is -0.0400. The van der Waals surface area contributed by atoms with Crippen LogP contribution < -0.4 is 5.73 Å². The first kappa shape index (κ1) is 9.96. The topological polar surface area (TPSA) is 26.0 Å². The van der Waals surface area contributed by atoms with Crippen LogP contribution in [0, 0.1) is 17.8 Å². The lowest BCUT2D eigenvalue weighted by molar-refractivity contribution is 0.276. The van der Waals surface area contributed by atoms with Gasteiger partial charge < -0.3 is 5.73 Å². The van der Waals surface area contributed by atoms with Crippen molar-refractivity contribution in [2.24, 2.45) is 23.5 Å². The molecule has 0 aliphatic rings. The Labute approximate surface area is 65.0 Å². The van der Waals surface area contributed by atoms with E-state index in [4.69, 9.17) is 5.73 Å². The predicted octanol–water partition coefficient (Wildman–Crippen LogP) is 2.26. The zero-order chi connectivity index (χ0) is 8.15. The molecule has 2 atom stereocenters. The third-order valence-electron chi connectivity index (χ3n) is 2.62. The molecule has 0 spiro atoms. The average Bonchev–Trinajstić information content (AvgIpc) is 1.90. The summed E-state index contributed by atoms with van der Waals surface area (Å²) < 4.78 is 0. The highest BCUT2D eigenvalue weighted by Crippen LogP contribution is 2.21. The molecule has 62 valence electrons. The second-order valence-corrected chi connectivity index (χ2v) is 3.51. The fourth-order valence-electron chi connectivity index (χ4n) is 1.30. The van der Waals surface area contributed by atoms with E-state index in [1.165, 1.54) is 6.42 Å². The van der Waals surface area contributed by atoms with Gasteiger partial charge in [0.05, 0.1) is 0 Å². The maximum atomic E-state index is 5.62. The highest BCUT2D eigenvalue weighted by molar-refractivity contribution is 4.68. The van der Waals surface area contributed by atoms with Crippen LogP contribution in [0.2, 0.25) is 0 Å². The van der Waals surface area contributed by atoms with Crippen molar-refractivity contribution in [1.82, 2.24) is 0 Å². The van der Waals surface area contributed by atoms with E-state index in [0.717, 1.165) is 24.3 Å². The third kappa shape index (κ3) is 2.70. The van der Waals surface area contributed by atoms with Crippen molar-refractivity contribution in [2.45, 2.75) is 34.1 Å². The molecule has 0 aromatic carbocycles. The number of hydrogen-bond donors (Lipinski definition) is 1. The molecule has 0 fully saturated rings. The van der Waals surface area contributed by atoms with E-state index in [2.05, 4.69) is 27.7 Å². The van der Waals surface area contributed by atoms with E-state index in [0.29, 0.717) is 0 Å². The smallest absolute Gasteiger partial charge is 0.00463 e. The molecule has 0 saturated heterocycles. The molecule has 0 heterocycles. The van der Waals surface area contributed by atoms with Crippen molar-refractivity contribution in [1.29, 1.82) is 0 Å². The summed E-state index contributed by atoms with van der Waals surface area (Å²) in [5.74, 6) is 2.27. The van der Waals surface area contributed by atoms with Crippen molar-refractivity contribution in [3.05, 3.63) is 0 Å². The average molecular weight is 143 g/mol. The molecule has 0 aliphatic heterocycles. The molecule has 0 aromatic rings. The van der Waals surface area contributed by atoms with Crippen molar-refractivity contribution >= 4 is 0 Å². The van der Waals surface area contributed by atoms with Crippen LogP contribution in [0.4, 0.5) is 0 Å². The van der Waals surface area contributed by atoms with Gasteiger partial charge in [-0.2, -0.15) is 0 Å². The summed E-state index contributed by atoms with van der Waals surface area (Å²) in [6.45, 7) is 9.89. The fraction of sp³-hybridized carbons (Fsp3) is 1.00. The molecule has 2 N–H and O–H groups in total. The molecule has 1 nitrogen and oxygen atoms in total. The Morgan fingerprint density at radius 3 is 1.80 bits per heavy atom. The minimum absolute atomic E-state index is 0.722. The van der Waals surface area contributed by atoms with Crippen LogP contribution in [0.1, 0.15) is 34.1 Å². The van der Waals surface area contributed by atoms with Crippen LogP contribution in [0.15, 0.2) is 0 Å². The lowest BCUT2D eigenvalue weighted by Crippen LogP contribution is -2.24. The summed E-state index contributed by atoms with van der Waals surface area (Å²) >= 11 is 0. The van der Waals surface area contributed by atoms with Crippen molar-refractivity contribution in [2.75, 3.05) is 6.54 Å².